The summed E-state index contributed by atoms with van der Waals surface area (Å²) in [7, 11) is 1.60. The number of ether oxygens (including phenoxy) is 2. The van der Waals surface area contributed by atoms with Crippen molar-refractivity contribution in [2.75, 3.05) is 39.9 Å². The number of methoxy groups -OCH3 is 1. The highest BCUT2D eigenvalue weighted by Gasteiger charge is 2.23. The van der Waals surface area contributed by atoms with E-state index in [1.807, 2.05) is 29.2 Å². The highest BCUT2D eigenvalue weighted by Crippen LogP contribution is 2.19. The van der Waals surface area contributed by atoms with E-state index in [2.05, 4.69) is 6.92 Å². The number of hydrogen-bond acceptors (Lipinski definition) is 4. The van der Waals surface area contributed by atoms with E-state index in [9.17, 15) is 9.59 Å². The summed E-state index contributed by atoms with van der Waals surface area (Å²) < 4.78 is 10.9. The molecule has 0 bridgehead atoms. The molecular formula is C23H28N2O4. The van der Waals surface area contributed by atoms with Gasteiger partial charge in [-0.1, -0.05) is 25.1 Å². The molecule has 1 fully saturated rings. The summed E-state index contributed by atoms with van der Waals surface area (Å²) in [6, 6.07) is 14.9. The Kier molecular flexibility index (Phi) is 7.11. The van der Waals surface area contributed by atoms with Gasteiger partial charge in [0.2, 0.25) is 0 Å². The maximum atomic E-state index is 12.8. The van der Waals surface area contributed by atoms with Gasteiger partial charge in [-0.05, 0) is 48.7 Å². The SMILES string of the molecule is CCc1ccccc1OCC(=O)N1CCCN(C(=O)c2ccc(OC)cc2)CC1. The summed E-state index contributed by atoms with van der Waals surface area (Å²) in [5.74, 6) is 1.41. The maximum Gasteiger partial charge on any atom is 0.260 e. The molecule has 1 heterocycles. The van der Waals surface area contributed by atoms with Crippen molar-refractivity contribution >= 4 is 11.8 Å². The zero-order valence-corrected chi connectivity index (χ0v) is 17.1. The summed E-state index contributed by atoms with van der Waals surface area (Å²) in [5.41, 5.74) is 1.72. The van der Waals surface area contributed by atoms with Crippen molar-refractivity contribution in [1.29, 1.82) is 0 Å². The minimum absolute atomic E-state index is 0.0173. The van der Waals surface area contributed by atoms with Crippen LogP contribution in [0.15, 0.2) is 48.5 Å². The number of carbonyl (C=O) groups excluding carboxylic acids is 2. The average molecular weight is 396 g/mol. The summed E-state index contributed by atoms with van der Waals surface area (Å²) in [5, 5.41) is 0. The third-order valence-corrected chi connectivity index (χ3v) is 5.18. The predicted molar refractivity (Wildman–Crippen MR) is 111 cm³/mol. The summed E-state index contributed by atoms with van der Waals surface area (Å²) in [6.07, 6.45) is 1.61. The number of nitrogens with zero attached hydrogens (tertiary/aromatic N) is 2. The highest BCUT2D eigenvalue weighted by molar-refractivity contribution is 5.94. The van der Waals surface area contributed by atoms with Gasteiger partial charge in [-0.2, -0.15) is 0 Å². The van der Waals surface area contributed by atoms with Crippen LogP contribution in [0.3, 0.4) is 0 Å². The van der Waals surface area contributed by atoms with E-state index in [1.54, 1.807) is 36.3 Å². The van der Waals surface area contributed by atoms with E-state index >= 15 is 0 Å². The molecule has 6 nitrogen and oxygen atoms in total. The fourth-order valence-corrected chi connectivity index (χ4v) is 3.45. The predicted octanol–water partition coefficient (Wildman–Crippen LogP) is 3.01. The fourth-order valence-electron chi connectivity index (χ4n) is 3.45. The lowest BCUT2D eigenvalue weighted by atomic mass is 10.1. The minimum Gasteiger partial charge on any atom is -0.497 e. The van der Waals surface area contributed by atoms with E-state index in [4.69, 9.17) is 9.47 Å². The Hall–Kier alpha value is -3.02. The van der Waals surface area contributed by atoms with E-state index in [1.165, 1.54) is 0 Å². The minimum atomic E-state index is -0.0466. The van der Waals surface area contributed by atoms with E-state index in [-0.39, 0.29) is 18.4 Å². The number of benzene rings is 2. The van der Waals surface area contributed by atoms with Crippen LogP contribution >= 0.6 is 0 Å². The number of hydrogen-bond donors (Lipinski definition) is 0. The van der Waals surface area contributed by atoms with E-state index < -0.39 is 0 Å². The normalized spacial score (nSPS) is 14.3. The monoisotopic (exact) mass is 396 g/mol. The largest absolute Gasteiger partial charge is 0.497 e. The second-order valence-electron chi connectivity index (χ2n) is 7.00. The van der Waals surface area contributed by atoms with Gasteiger partial charge < -0.3 is 19.3 Å². The molecule has 0 atom stereocenters. The Morgan fingerprint density at radius 3 is 2.34 bits per heavy atom. The fraction of sp³-hybridized carbons (Fsp3) is 0.391. The first-order valence-corrected chi connectivity index (χ1v) is 10.0. The molecule has 1 saturated heterocycles. The highest BCUT2D eigenvalue weighted by atomic mass is 16.5. The zero-order valence-electron chi connectivity index (χ0n) is 17.1. The van der Waals surface area contributed by atoms with Gasteiger partial charge in [0, 0.05) is 31.7 Å². The van der Waals surface area contributed by atoms with Crippen LogP contribution in [0.2, 0.25) is 0 Å². The molecule has 0 spiro atoms. The first kappa shape index (κ1) is 20.7. The number of para-hydroxylation sites is 1. The Morgan fingerprint density at radius 2 is 1.62 bits per heavy atom. The van der Waals surface area contributed by atoms with Crippen LogP contribution < -0.4 is 9.47 Å². The van der Waals surface area contributed by atoms with Crippen LogP contribution in [0.1, 0.15) is 29.3 Å². The van der Waals surface area contributed by atoms with Crippen LogP contribution in [-0.4, -0.2) is 61.5 Å². The Morgan fingerprint density at radius 1 is 0.931 bits per heavy atom. The molecule has 2 aromatic rings. The molecule has 3 rings (SSSR count). The zero-order chi connectivity index (χ0) is 20.6. The van der Waals surface area contributed by atoms with Crippen LogP contribution in [0.4, 0.5) is 0 Å². The summed E-state index contributed by atoms with van der Waals surface area (Å²) >= 11 is 0. The topological polar surface area (TPSA) is 59.1 Å². The molecule has 154 valence electrons. The molecule has 0 unspecified atom stereocenters. The van der Waals surface area contributed by atoms with Gasteiger partial charge in [0.1, 0.15) is 11.5 Å². The number of aryl methyl sites for hydroxylation is 1. The van der Waals surface area contributed by atoms with E-state index in [0.29, 0.717) is 31.7 Å². The van der Waals surface area contributed by atoms with Crippen LogP contribution in [-0.2, 0) is 11.2 Å². The van der Waals surface area contributed by atoms with Gasteiger partial charge in [-0.3, -0.25) is 9.59 Å². The number of rotatable bonds is 6. The molecule has 1 aliphatic heterocycles. The van der Waals surface area contributed by atoms with Crippen molar-refractivity contribution in [2.24, 2.45) is 0 Å². The van der Waals surface area contributed by atoms with E-state index in [0.717, 1.165) is 29.9 Å². The maximum absolute atomic E-state index is 12.8. The third-order valence-electron chi connectivity index (χ3n) is 5.18. The number of amides is 2. The lowest BCUT2D eigenvalue weighted by molar-refractivity contribution is -0.133. The van der Waals surface area contributed by atoms with Gasteiger partial charge in [0.15, 0.2) is 6.61 Å². The lowest BCUT2D eigenvalue weighted by Crippen LogP contribution is -2.39. The van der Waals surface area contributed by atoms with Crippen molar-refractivity contribution in [3.63, 3.8) is 0 Å². The van der Waals surface area contributed by atoms with Gasteiger partial charge in [-0.25, -0.2) is 0 Å². The van der Waals surface area contributed by atoms with Crippen LogP contribution in [0.5, 0.6) is 11.5 Å². The van der Waals surface area contributed by atoms with Crippen molar-refractivity contribution in [3.8, 4) is 11.5 Å². The van der Waals surface area contributed by atoms with Gasteiger partial charge in [0.25, 0.3) is 11.8 Å². The quantitative estimate of drug-likeness (QED) is 0.753. The standard InChI is InChI=1S/C23H28N2O4/c1-3-18-7-4-5-8-21(18)29-17-22(26)24-13-6-14-25(16-15-24)23(27)19-9-11-20(28-2)12-10-19/h4-5,7-12H,3,6,13-17H2,1-2H3. The summed E-state index contributed by atoms with van der Waals surface area (Å²) in [6.45, 7) is 4.37. The van der Waals surface area contributed by atoms with Crippen LogP contribution in [0.25, 0.3) is 0 Å². The molecule has 2 aromatic carbocycles. The molecule has 2 amide bonds. The van der Waals surface area contributed by atoms with Gasteiger partial charge in [0.05, 0.1) is 7.11 Å². The first-order chi connectivity index (χ1) is 14.1. The summed E-state index contributed by atoms with van der Waals surface area (Å²) in [4.78, 5) is 29.0. The van der Waals surface area contributed by atoms with Crippen molar-refractivity contribution in [3.05, 3.63) is 59.7 Å². The number of carbonyl (C=O) groups is 2. The molecule has 29 heavy (non-hydrogen) atoms. The molecule has 1 aliphatic rings. The smallest absolute Gasteiger partial charge is 0.260 e. The molecular weight excluding hydrogens is 368 g/mol. The van der Waals surface area contributed by atoms with Crippen molar-refractivity contribution < 1.29 is 19.1 Å². The second kappa shape index (κ2) is 9.96. The lowest BCUT2D eigenvalue weighted by Gasteiger charge is -2.22. The van der Waals surface area contributed by atoms with Crippen molar-refractivity contribution in [1.82, 2.24) is 9.80 Å². The Labute approximate surface area is 172 Å². The molecule has 6 heteroatoms. The van der Waals surface area contributed by atoms with Crippen LogP contribution in [0, 0.1) is 0 Å². The Bertz CT molecular complexity index is 835. The Balaban J connectivity index is 1.54. The molecule has 0 aliphatic carbocycles. The first-order valence-electron chi connectivity index (χ1n) is 10.0. The second-order valence-corrected chi connectivity index (χ2v) is 7.00. The molecule has 0 saturated carbocycles. The van der Waals surface area contributed by atoms with Gasteiger partial charge >= 0.3 is 0 Å². The molecule has 0 radical (unpaired) electrons. The third kappa shape index (κ3) is 5.28. The molecule has 0 N–H and O–H groups in total. The van der Waals surface area contributed by atoms with Crippen molar-refractivity contribution in [2.45, 2.75) is 19.8 Å². The average Bonchev–Trinajstić information content (AvgIpc) is 3.03. The van der Waals surface area contributed by atoms with Gasteiger partial charge in [-0.15, -0.1) is 0 Å². The molecule has 0 aromatic heterocycles.